The lowest BCUT2D eigenvalue weighted by Crippen LogP contribution is -2.40. The van der Waals surface area contributed by atoms with Gasteiger partial charge < -0.3 is 14.6 Å². The minimum atomic E-state index is -3.59. The van der Waals surface area contributed by atoms with Crippen LogP contribution in [-0.4, -0.2) is 66.3 Å². The number of benzene rings is 1. The van der Waals surface area contributed by atoms with E-state index in [1.807, 2.05) is 18.4 Å². The number of sulfonamides is 1. The predicted octanol–water partition coefficient (Wildman–Crippen LogP) is 1.86. The lowest BCUT2D eigenvalue weighted by Gasteiger charge is -2.26. The third-order valence-corrected chi connectivity index (χ3v) is 7.67. The maximum atomic E-state index is 12.9. The normalized spacial score (nSPS) is 16.6. The van der Waals surface area contributed by atoms with Gasteiger partial charge in [-0.15, -0.1) is 6.58 Å². The Hall–Kier alpha value is -1.88. The van der Waals surface area contributed by atoms with Crippen LogP contribution < -0.4 is 5.32 Å². The third kappa shape index (κ3) is 4.66. The van der Waals surface area contributed by atoms with Crippen molar-refractivity contribution in [2.24, 2.45) is 0 Å². The number of carbonyl (C=O) groups excluding carboxylic acids is 1. The van der Waals surface area contributed by atoms with E-state index in [1.54, 1.807) is 24.3 Å². The molecule has 29 heavy (non-hydrogen) atoms. The van der Waals surface area contributed by atoms with Crippen molar-refractivity contribution in [1.29, 1.82) is 0 Å². The van der Waals surface area contributed by atoms with E-state index in [9.17, 15) is 13.2 Å². The van der Waals surface area contributed by atoms with Crippen LogP contribution in [0.25, 0.3) is 11.0 Å². The zero-order valence-electron chi connectivity index (χ0n) is 16.6. The quantitative estimate of drug-likeness (QED) is 0.500. The van der Waals surface area contributed by atoms with Crippen LogP contribution in [0.1, 0.15) is 13.8 Å². The van der Waals surface area contributed by atoms with E-state index in [4.69, 9.17) is 4.74 Å². The molecule has 0 aliphatic carbocycles. The van der Waals surface area contributed by atoms with Gasteiger partial charge in [0.2, 0.25) is 15.9 Å². The van der Waals surface area contributed by atoms with Gasteiger partial charge in [0.15, 0.2) is 5.16 Å². The van der Waals surface area contributed by atoms with Gasteiger partial charge in [0.1, 0.15) is 0 Å². The fraction of sp³-hybridized carbons (Fsp3) is 0.474. The lowest BCUT2D eigenvalue weighted by molar-refractivity contribution is -0.120. The predicted molar refractivity (Wildman–Crippen MR) is 114 cm³/mol. The highest BCUT2D eigenvalue weighted by Gasteiger charge is 2.27. The van der Waals surface area contributed by atoms with Crippen molar-refractivity contribution in [3.63, 3.8) is 0 Å². The Morgan fingerprint density at radius 1 is 1.41 bits per heavy atom. The standard InChI is InChI=1S/C19H26N4O4S2/c1-4-8-20-18(24)14(3)28-19-21-16-13-15(6-7-17(16)23(19)5-2)29(25,26)22-9-11-27-12-10-22/h4,6-7,13-14H,1,5,8-12H2,2-3H3,(H,20,24)/t14-/m1/s1. The van der Waals surface area contributed by atoms with E-state index in [0.29, 0.717) is 50.1 Å². The summed E-state index contributed by atoms with van der Waals surface area (Å²) in [5, 5.41) is 3.12. The summed E-state index contributed by atoms with van der Waals surface area (Å²) in [6, 6.07) is 5.01. The molecule has 1 saturated heterocycles. The summed E-state index contributed by atoms with van der Waals surface area (Å²) < 4.78 is 34.5. The Morgan fingerprint density at radius 2 is 2.14 bits per heavy atom. The fourth-order valence-electron chi connectivity index (χ4n) is 3.11. The van der Waals surface area contributed by atoms with Gasteiger partial charge in [0, 0.05) is 26.2 Å². The topological polar surface area (TPSA) is 93.5 Å². The molecule has 1 aliphatic heterocycles. The molecule has 0 bridgehead atoms. The zero-order valence-corrected chi connectivity index (χ0v) is 18.3. The smallest absolute Gasteiger partial charge is 0.243 e. The minimum absolute atomic E-state index is 0.0970. The molecule has 0 unspecified atom stereocenters. The number of rotatable bonds is 8. The van der Waals surface area contributed by atoms with Crippen LogP contribution in [0.5, 0.6) is 0 Å². The molecule has 2 aromatic rings. The van der Waals surface area contributed by atoms with Crippen LogP contribution in [0.2, 0.25) is 0 Å². The summed E-state index contributed by atoms with van der Waals surface area (Å²) in [5.74, 6) is -0.0970. The number of carbonyl (C=O) groups is 1. The molecular formula is C19H26N4O4S2. The largest absolute Gasteiger partial charge is 0.379 e. The van der Waals surface area contributed by atoms with Crippen LogP contribution in [0, 0.1) is 0 Å². The second-order valence-corrected chi connectivity index (χ2v) is 9.85. The van der Waals surface area contributed by atoms with Crippen molar-refractivity contribution in [2.75, 3.05) is 32.8 Å². The first-order valence-corrected chi connectivity index (χ1v) is 11.8. The van der Waals surface area contributed by atoms with E-state index in [-0.39, 0.29) is 16.1 Å². The molecule has 1 aromatic heterocycles. The van der Waals surface area contributed by atoms with Crippen molar-refractivity contribution in [2.45, 2.75) is 35.7 Å². The highest BCUT2D eigenvalue weighted by Crippen LogP contribution is 2.29. The Kier molecular flexibility index (Phi) is 6.99. The second-order valence-electron chi connectivity index (χ2n) is 6.60. The number of nitrogens with zero attached hydrogens (tertiary/aromatic N) is 3. The Bertz CT molecular complexity index is 997. The molecule has 2 heterocycles. The van der Waals surface area contributed by atoms with Gasteiger partial charge in [0.25, 0.3) is 0 Å². The average molecular weight is 439 g/mol. The maximum absolute atomic E-state index is 12.9. The SMILES string of the molecule is C=CCNC(=O)[C@@H](C)Sc1nc2cc(S(=O)(=O)N3CCOCC3)ccc2n1CC. The number of hydrogen-bond acceptors (Lipinski definition) is 6. The molecule has 158 valence electrons. The van der Waals surface area contributed by atoms with Gasteiger partial charge in [-0.2, -0.15) is 4.31 Å². The Morgan fingerprint density at radius 3 is 2.79 bits per heavy atom. The number of aromatic nitrogens is 2. The van der Waals surface area contributed by atoms with Gasteiger partial charge >= 0.3 is 0 Å². The van der Waals surface area contributed by atoms with Crippen LogP contribution >= 0.6 is 11.8 Å². The summed E-state index contributed by atoms with van der Waals surface area (Å²) in [5.41, 5.74) is 1.44. The summed E-state index contributed by atoms with van der Waals surface area (Å²) in [6.07, 6.45) is 1.63. The van der Waals surface area contributed by atoms with Gasteiger partial charge in [-0.05, 0) is 32.0 Å². The number of amides is 1. The molecule has 1 fully saturated rings. The molecular weight excluding hydrogens is 412 g/mol. The lowest BCUT2D eigenvalue weighted by atomic mass is 10.3. The van der Waals surface area contributed by atoms with Gasteiger partial charge in [-0.25, -0.2) is 13.4 Å². The first-order chi connectivity index (χ1) is 13.9. The maximum Gasteiger partial charge on any atom is 0.243 e. The van der Waals surface area contributed by atoms with Gasteiger partial charge in [-0.1, -0.05) is 17.8 Å². The number of ether oxygens (including phenoxy) is 1. The molecule has 1 N–H and O–H groups in total. The van der Waals surface area contributed by atoms with E-state index in [0.717, 1.165) is 5.52 Å². The van der Waals surface area contributed by atoms with E-state index >= 15 is 0 Å². The molecule has 10 heteroatoms. The fourth-order valence-corrected chi connectivity index (χ4v) is 5.55. The summed E-state index contributed by atoms with van der Waals surface area (Å²) in [6.45, 7) is 9.98. The number of hydrogen-bond donors (Lipinski definition) is 1. The number of imidazole rings is 1. The molecule has 1 atom stereocenters. The monoisotopic (exact) mass is 438 g/mol. The molecule has 1 aliphatic rings. The summed E-state index contributed by atoms with van der Waals surface area (Å²) in [7, 11) is -3.59. The molecule has 8 nitrogen and oxygen atoms in total. The molecule has 3 rings (SSSR count). The van der Waals surface area contributed by atoms with Crippen LogP contribution in [-0.2, 0) is 26.1 Å². The van der Waals surface area contributed by atoms with Crippen molar-refractivity contribution in [1.82, 2.24) is 19.2 Å². The van der Waals surface area contributed by atoms with Crippen molar-refractivity contribution in [3.8, 4) is 0 Å². The first-order valence-electron chi connectivity index (χ1n) is 9.52. The summed E-state index contributed by atoms with van der Waals surface area (Å²) in [4.78, 5) is 17.0. The van der Waals surface area contributed by atoms with E-state index < -0.39 is 10.0 Å². The van der Waals surface area contributed by atoms with Gasteiger partial charge in [0.05, 0.1) is 34.4 Å². The van der Waals surface area contributed by atoms with Crippen molar-refractivity contribution in [3.05, 3.63) is 30.9 Å². The molecule has 1 aromatic carbocycles. The Labute approximate surface area is 175 Å². The zero-order chi connectivity index (χ0) is 21.0. The van der Waals surface area contributed by atoms with Crippen LogP contribution in [0.4, 0.5) is 0 Å². The minimum Gasteiger partial charge on any atom is -0.379 e. The van der Waals surface area contributed by atoms with Gasteiger partial charge in [-0.3, -0.25) is 4.79 Å². The Balaban J connectivity index is 1.89. The van der Waals surface area contributed by atoms with E-state index in [1.165, 1.54) is 16.1 Å². The number of aryl methyl sites for hydroxylation is 1. The highest BCUT2D eigenvalue weighted by molar-refractivity contribution is 8.00. The number of thioether (sulfide) groups is 1. The molecule has 1 amide bonds. The second kappa shape index (κ2) is 9.29. The van der Waals surface area contributed by atoms with Crippen LogP contribution in [0.15, 0.2) is 40.9 Å². The van der Waals surface area contributed by atoms with Crippen molar-refractivity contribution < 1.29 is 17.9 Å². The molecule has 0 radical (unpaired) electrons. The highest BCUT2D eigenvalue weighted by atomic mass is 32.2. The van der Waals surface area contributed by atoms with Crippen molar-refractivity contribution >= 4 is 38.7 Å². The average Bonchev–Trinajstić information content (AvgIpc) is 3.08. The van der Waals surface area contributed by atoms with Crippen LogP contribution in [0.3, 0.4) is 0 Å². The first kappa shape index (κ1) is 21.8. The number of morpholine rings is 1. The molecule has 0 saturated carbocycles. The summed E-state index contributed by atoms with van der Waals surface area (Å²) >= 11 is 1.35. The number of nitrogens with one attached hydrogen (secondary N) is 1. The molecule has 0 spiro atoms. The third-order valence-electron chi connectivity index (χ3n) is 4.68. The van der Waals surface area contributed by atoms with E-state index in [2.05, 4.69) is 16.9 Å². The number of fused-ring (bicyclic) bond motifs is 1.